The smallest absolute Gasteiger partial charge is 0.0564 e. The number of hydrogen-bond donors (Lipinski definition) is 2. The summed E-state index contributed by atoms with van der Waals surface area (Å²) in [5.41, 5.74) is 3.85. The normalized spacial score (nSPS) is 18.0. The lowest BCUT2D eigenvalue weighted by molar-refractivity contribution is 0.0792. The summed E-state index contributed by atoms with van der Waals surface area (Å²) in [4.78, 5) is 2.42. The Kier molecular flexibility index (Phi) is 5.66. The lowest BCUT2D eigenvalue weighted by Crippen LogP contribution is -2.35. The molecule has 1 saturated heterocycles. The zero-order valence-corrected chi connectivity index (χ0v) is 14.7. The molecule has 1 aromatic carbocycles. The number of likely N-dealkylation sites (tertiary alicyclic amines) is 1. The highest BCUT2D eigenvalue weighted by Crippen LogP contribution is 2.15. The molecule has 0 amide bonds. The van der Waals surface area contributed by atoms with Gasteiger partial charge in [-0.2, -0.15) is 5.10 Å². The summed E-state index contributed by atoms with van der Waals surface area (Å²) in [5, 5.41) is 17.3. The van der Waals surface area contributed by atoms with Gasteiger partial charge in [0, 0.05) is 51.0 Å². The largest absolute Gasteiger partial charge is 0.393 e. The first-order chi connectivity index (χ1) is 11.6. The number of aryl methyl sites for hydroxylation is 1. The van der Waals surface area contributed by atoms with Crippen LogP contribution in [-0.2, 0) is 20.1 Å². The van der Waals surface area contributed by atoms with Crippen LogP contribution in [0.4, 0.5) is 0 Å². The second kappa shape index (κ2) is 7.92. The Morgan fingerprint density at radius 3 is 2.50 bits per heavy atom. The van der Waals surface area contributed by atoms with Crippen molar-refractivity contribution in [1.29, 1.82) is 0 Å². The van der Waals surface area contributed by atoms with Crippen LogP contribution in [-0.4, -0.2) is 39.0 Å². The summed E-state index contributed by atoms with van der Waals surface area (Å²) in [6.07, 6.45) is 5.66. The molecular weight excluding hydrogens is 300 g/mol. The topological polar surface area (TPSA) is 53.3 Å². The Bertz CT molecular complexity index is 629. The minimum absolute atomic E-state index is 0.100. The first-order valence-electron chi connectivity index (χ1n) is 8.80. The molecule has 1 aliphatic rings. The van der Waals surface area contributed by atoms with E-state index < -0.39 is 0 Å². The van der Waals surface area contributed by atoms with Crippen LogP contribution in [0, 0.1) is 0 Å². The van der Waals surface area contributed by atoms with E-state index in [1.54, 1.807) is 0 Å². The molecule has 3 rings (SSSR count). The van der Waals surface area contributed by atoms with Crippen molar-refractivity contribution in [2.75, 3.05) is 13.1 Å². The van der Waals surface area contributed by atoms with Gasteiger partial charge in [-0.1, -0.05) is 24.3 Å². The van der Waals surface area contributed by atoms with Gasteiger partial charge in [0.05, 0.1) is 12.3 Å². The Labute approximate surface area is 144 Å². The van der Waals surface area contributed by atoms with Gasteiger partial charge >= 0.3 is 0 Å². The van der Waals surface area contributed by atoms with Gasteiger partial charge in [0.25, 0.3) is 0 Å². The van der Waals surface area contributed by atoms with Crippen LogP contribution in [0.2, 0.25) is 0 Å². The van der Waals surface area contributed by atoms with Crippen molar-refractivity contribution in [3.05, 3.63) is 53.3 Å². The van der Waals surface area contributed by atoms with Crippen LogP contribution in [0.25, 0.3) is 0 Å². The fourth-order valence-electron chi connectivity index (χ4n) is 3.15. The van der Waals surface area contributed by atoms with E-state index in [4.69, 9.17) is 0 Å². The molecule has 5 heteroatoms. The predicted octanol–water partition coefficient (Wildman–Crippen LogP) is 2.23. The standard InChI is InChI=1S/C19H28N4O/c1-15(18-12-21-22(2)14-18)20-11-16-3-5-17(6-4-16)13-23-9-7-19(24)8-10-23/h3-6,12,14-15,19-20,24H,7-11,13H2,1-2H3/t15-/m0/s1. The second-order valence-electron chi connectivity index (χ2n) is 6.87. The van der Waals surface area contributed by atoms with Gasteiger partial charge < -0.3 is 10.4 Å². The highest BCUT2D eigenvalue weighted by atomic mass is 16.3. The summed E-state index contributed by atoms with van der Waals surface area (Å²) in [7, 11) is 1.94. The van der Waals surface area contributed by atoms with E-state index in [9.17, 15) is 5.11 Å². The molecule has 0 bridgehead atoms. The van der Waals surface area contributed by atoms with E-state index in [2.05, 4.69) is 52.7 Å². The number of aliphatic hydroxyl groups excluding tert-OH is 1. The van der Waals surface area contributed by atoms with E-state index in [1.807, 2.05) is 17.9 Å². The average molecular weight is 328 g/mol. The molecule has 2 heterocycles. The van der Waals surface area contributed by atoms with Crippen LogP contribution in [0.5, 0.6) is 0 Å². The van der Waals surface area contributed by atoms with Crippen LogP contribution in [0.1, 0.15) is 42.5 Å². The van der Waals surface area contributed by atoms with Crippen molar-refractivity contribution >= 4 is 0 Å². The fourth-order valence-corrected chi connectivity index (χ4v) is 3.15. The zero-order valence-electron chi connectivity index (χ0n) is 14.7. The average Bonchev–Trinajstić information content (AvgIpc) is 3.03. The maximum atomic E-state index is 9.58. The maximum Gasteiger partial charge on any atom is 0.0564 e. The monoisotopic (exact) mass is 328 g/mol. The number of hydrogen-bond acceptors (Lipinski definition) is 4. The van der Waals surface area contributed by atoms with Crippen molar-refractivity contribution in [3.63, 3.8) is 0 Å². The van der Waals surface area contributed by atoms with Crippen LogP contribution >= 0.6 is 0 Å². The first-order valence-corrected chi connectivity index (χ1v) is 8.80. The quantitative estimate of drug-likeness (QED) is 0.854. The SMILES string of the molecule is C[C@H](NCc1ccc(CN2CCC(O)CC2)cc1)c1cnn(C)c1. The molecular formula is C19H28N4O. The fraction of sp³-hybridized carbons (Fsp3) is 0.526. The molecule has 0 spiro atoms. The molecule has 0 unspecified atom stereocenters. The van der Waals surface area contributed by atoms with E-state index >= 15 is 0 Å². The van der Waals surface area contributed by atoms with Crippen molar-refractivity contribution in [1.82, 2.24) is 20.0 Å². The Balaban J connectivity index is 1.47. The van der Waals surface area contributed by atoms with Gasteiger partial charge in [0.2, 0.25) is 0 Å². The van der Waals surface area contributed by atoms with Crippen molar-refractivity contribution in [3.8, 4) is 0 Å². The lowest BCUT2D eigenvalue weighted by Gasteiger charge is -2.29. The molecule has 0 saturated carbocycles. The van der Waals surface area contributed by atoms with Crippen LogP contribution in [0.15, 0.2) is 36.7 Å². The maximum absolute atomic E-state index is 9.58. The Morgan fingerprint density at radius 2 is 1.88 bits per heavy atom. The van der Waals surface area contributed by atoms with Crippen molar-refractivity contribution in [2.24, 2.45) is 7.05 Å². The highest BCUT2D eigenvalue weighted by Gasteiger charge is 2.16. The highest BCUT2D eigenvalue weighted by molar-refractivity contribution is 5.23. The van der Waals surface area contributed by atoms with Gasteiger partial charge in [-0.25, -0.2) is 0 Å². The van der Waals surface area contributed by atoms with E-state index in [0.717, 1.165) is 39.0 Å². The molecule has 2 aromatic rings. The third kappa shape index (κ3) is 4.66. The summed E-state index contributed by atoms with van der Waals surface area (Å²) in [5.74, 6) is 0. The molecule has 1 fully saturated rings. The van der Waals surface area contributed by atoms with Gasteiger partial charge in [-0.05, 0) is 30.9 Å². The number of aromatic nitrogens is 2. The Hall–Kier alpha value is -1.69. The lowest BCUT2D eigenvalue weighted by atomic mass is 10.1. The summed E-state index contributed by atoms with van der Waals surface area (Å²) >= 11 is 0. The summed E-state index contributed by atoms with van der Waals surface area (Å²) < 4.78 is 1.84. The zero-order chi connectivity index (χ0) is 16.9. The molecule has 5 nitrogen and oxygen atoms in total. The number of nitrogens with zero attached hydrogens (tertiary/aromatic N) is 3. The van der Waals surface area contributed by atoms with E-state index in [1.165, 1.54) is 16.7 Å². The number of aliphatic hydroxyl groups is 1. The molecule has 0 radical (unpaired) electrons. The molecule has 1 aromatic heterocycles. The molecule has 2 N–H and O–H groups in total. The third-order valence-electron chi connectivity index (χ3n) is 4.82. The molecule has 24 heavy (non-hydrogen) atoms. The third-order valence-corrected chi connectivity index (χ3v) is 4.82. The van der Waals surface area contributed by atoms with E-state index in [-0.39, 0.29) is 12.1 Å². The number of rotatable bonds is 6. The Morgan fingerprint density at radius 1 is 1.21 bits per heavy atom. The first kappa shape index (κ1) is 17.1. The number of piperidine rings is 1. The number of benzene rings is 1. The van der Waals surface area contributed by atoms with Gasteiger partial charge in [-0.15, -0.1) is 0 Å². The van der Waals surface area contributed by atoms with Crippen molar-refractivity contribution < 1.29 is 5.11 Å². The number of nitrogens with one attached hydrogen (secondary N) is 1. The van der Waals surface area contributed by atoms with Gasteiger partial charge in [-0.3, -0.25) is 9.58 Å². The minimum atomic E-state index is -0.100. The second-order valence-corrected chi connectivity index (χ2v) is 6.87. The summed E-state index contributed by atoms with van der Waals surface area (Å²) in [6, 6.07) is 9.14. The molecule has 1 aliphatic heterocycles. The molecule has 1 atom stereocenters. The summed E-state index contributed by atoms with van der Waals surface area (Å²) in [6.45, 7) is 5.98. The predicted molar refractivity (Wildman–Crippen MR) is 95.4 cm³/mol. The van der Waals surface area contributed by atoms with Crippen LogP contribution < -0.4 is 5.32 Å². The van der Waals surface area contributed by atoms with Crippen molar-refractivity contribution in [2.45, 2.75) is 45.0 Å². The van der Waals surface area contributed by atoms with Gasteiger partial charge in [0.1, 0.15) is 0 Å². The van der Waals surface area contributed by atoms with E-state index in [0.29, 0.717) is 0 Å². The molecule has 0 aliphatic carbocycles. The minimum Gasteiger partial charge on any atom is -0.393 e. The van der Waals surface area contributed by atoms with Crippen LogP contribution in [0.3, 0.4) is 0 Å². The van der Waals surface area contributed by atoms with Gasteiger partial charge in [0.15, 0.2) is 0 Å². The molecule has 130 valence electrons.